The normalized spacial score (nSPS) is 23.8. The van der Waals surface area contributed by atoms with Gasteiger partial charge < -0.3 is 10.2 Å². The molecule has 1 saturated heterocycles. The van der Waals surface area contributed by atoms with E-state index in [-0.39, 0.29) is 23.4 Å². The molecule has 2 fully saturated rings. The number of hydroxylamine groups is 2. The zero-order chi connectivity index (χ0) is 17.8. The van der Waals surface area contributed by atoms with Crippen molar-refractivity contribution in [1.29, 1.82) is 0 Å². The second-order valence-corrected chi connectivity index (χ2v) is 7.04. The molecule has 1 aromatic rings. The summed E-state index contributed by atoms with van der Waals surface area (Å²) in [5.74, 6) is 0.860. The van der Waals surface area contributed by atoms with Crippen molar-refractivity contribution in [3.63, 3.8) is 0 Å². The van der Waals surface area contributed by atoms with Gasteiger partial charge in [0.1, 0.15) is 0 Å². The van der Waals surface area contributed by atoms with Gasteiger partial charge in [0.15, 0.2) is 0 Å². The van der Waals surface area contributed by atoms with Gasteiger partial charge in [-0.2, -0.15) is 5.06 Å². The summed E-state index contributed by atoms with van der Waals surface area (Å²) in [6.07, 6.45) is 4.34. The Kier molecular flexibility index (Phi) is 5.70. The van der Waals surface area contributed by atoms with E-state index in [1.54, 1.807) is 11.0 Å². The van der Waals surface area contributed by atoms with E-state index in [9.17, 15) is 9.59 Å². The summed E-state index contributed by atoms with van der Waals surface area (Å²) in [7, 11) is 3.69. The Bertz CT molecular complexity index is 648. The summed E-state index contributed by atoms with van der Waals surface area (Å²) in [6.45, 7) is 2.30. The second kappa shape index (κ2) is 7.97. The molecule has 0 bridgehead atoms. The highest BCUT2D eigenvalue weighted by molar-refractivity contribution is 5.76. The molecule has 0 atom stereocenters. The summed E-state index contributed by atoms with van der Waals surface area (Å²) in [6, 6.07) is 1.73. The van der Waals surface area contributed by atoms with Crippen LogP contribution >= 0.6 is 0 Å². The molecule has 1 aliphatic carbocycles. The van der Waals surface area contributed by atoms with Crippen LogP contribution in [0.15, 0.2) is 10.9 Å². The van der Waals surface area contributed by atoms with Gasteiger partial charge >= 0.3 is 0 Å². The Balaban J connectivity index is 1.43. The Morgan fingerprint density at radius 3 is 2.92 bits per heavy atom. The molecule has 2 heterocycles. The molecule has 1 saturated carbocycles. The summed E-state index contributed by atoms with van der Waals surface area (Å²) < 4.78 is 0. The predicted octanol–water partition coefficient (Wildman–Crippen LogP) is 0.616. The highest BCUT2D eigenvalue weighted by atomic mass is 16.7. The van der Waals surface area contributed by atoms with Crippen LogP contribution in [0.5, 0.6) is 0 Å². The second-order valence-electron chi connectivity index (χ2n) is 7.04. The molecular formula is C17H27N5O3. The Morgan fingerprint density at radius 1 is 1.44 bits per heavy atom. The molecule has 138 valence electrons. The molecule has 0 radical (unpaired) electrons. The Morgan fingerprint density at radius 2 is 2.24 bits per heavy atom. The Hall–Kier alpha value is -1.93. The van der Waals surface area contributed by atoms with E-state index in [2.05, 4.69) is 15.3 Å². The maximum Gasteiger partial charge on any atom is 0.252 e. The first-order chi connectivity index (χ1) is 12.0. The molecule has 1 aromatic heterocycles. The zero-order valence-corrected chi connectivity index (χ0v) is 15.0. The fourth-order valence-electron chi connectivity index (χ4n) is 3.21. The lowest BCUT2D eigenvalue weighted by Crippen LogP contribution is -2.45. The van der Waals surface area contributed by atoms with Crippen molar-refractivity contribution in [1.82, 2.24) is 20.3 Å². The van der Waals surface area contributed by atoms with E-state index in [0.717, 1.165) is 44.5 Å². The number of aromatic nitrogens is 2. The number of nitrogens with one attached hydrogen (secondary N) is 2. The van der Waals surface area contributed by atoms with Gasteiger partial charge in [0.05, 0.1) is 12.3 Å². The summed E-state index contributed by atoms with van der Waals surface area (Å²) in [5, 5.41) is 4.95. The molecule has 3 rings (SSSR count). The van der Waals surface area contributed by atoms with Gasteiger partial charge in [-0.05, 0) is 25.7 Å². The molecule has 0 aromatic carbocycles. The van der Waals surface area contributed by atoms with Crippen molar-refractivity contribution in [2.45, 2.75) is 44.1 Å². The number of rotatable bonds is 6. The number of anilines is 1. The van der Waals surface area contributed by atoms with E-state index >= 15 is 0 Å². The van der Waals surface area contributed by atoms with E-state index in [0.29, 0.717) is 18.9 Å². The molecule has 0 spiro atoms. The largest absolute Gasteiger partial charge is 0.353 e. The average Bonchev–Trinajstić information content (AvgIpc) is 2.56. The molecular weight excluding hydrogens is 322 g/mol. The minimum Gasteiger partial charge on any atom is -0.353 e. The minimum absolute atomic E-state index is 0.0606. The minimum atomic E-state index is -0.136. The number of H-pyrrole nitrogens is 1. The molecule has 8 heteroatoms. The number of amides is 1. The lowest BCUT2D eigenvalue weighted by atomic mass is 9.78. The SMILES string of the molecule is CN(C)c1nc(C2CC(NC(=O)CCN3CCCCO3)C2)cc(=O)[nH]1. The Labute approximate surface area is 147 Å². The third-order valence-electron chi connectivity index (χ3n) is 4.76. The van der Waals surface area contributed by atoms with Crippen molar-refractivity contribution >= 4 is 11.9 Å². The summed E-state index contributed by atoms with van der Waals surface area (Å²) >= 11 is 0. The van der Waals surface area contributed by atoms with Gasteiger partial charge in [-0.15, -0.1) is 0 Å². The monoisotopic (exact) mass is 349 g/mol. The van der Waals surface area contributed by atoms with Crippen LogP contribution in [0.4, 0.5) is 5.95 Å². The standard InChI is InChI=1S/C17H27N5O3/c1-21(2)17-19-14(11-16(24)20-17)12-9-13(10-12)18-15(23)5-7-22-6-3-4-8-25-22/h11-13H,3-10H2,1-2H3,(H,18,23)(H,19,20,24). The lowest BCUT2D eigenvalue weighted by Gasteiger charge is -2.35. The maximum absolute atomic E-state index is 12.1. The molecule has 25 heavy (non-hydrogen) atoms. The van der Waals surface area contributed by atoms with Crippen molar-refractivity contribution in [2.24, 2.45) is 0 Å². The first-order valence-corrected chi connectivity index (χ1v) is 8.97. The number of carbonyl (C=O) groups excluding carboxylic acids is 1. The van der Waals surface area contributed by atoms with Crippen molar-refractivity contribution in [3.05, 3.63) is 22.1 Å². The summed E-state index contributed by atoms with van der Waals surface area (Å²) in [5.41, 5.74) is 0.669. The van der Waals surface area contributed by atoms with Crippen molar-refractivity contribution < 1.29 is 9.63 Å². The van der Waals surface area contributed by atoms with Crippen molar-refractivity contribution in [3.8, 4) is 0 Å². The lowest BCUT2D eigenvalue weighted by molar-refractivity contribution is -0.181. The number of nitrogens with zero attached hydrogens (tertiary/aromatic N) is 3. The van der Waals surface area contributed by atoms with Gasteiger partial charge in [-0.1, -0.05) is 0 Å². The first kappa shape index (κ1) is 17.9. The molecule has 1 amide bonds. The van der Waals surface area contributed by atoms with E-state index in [1.165, 1.54) is 0 Å². The number of hydrogen-bond donors (Lipinski definition) is 2. The van der Waals surface area contributed by atoms with Gasteiger partial charge in [0.25, 0.3) is 5.56 Å². The van der Waals surface area contributed by atoms with E-state index in [1.807, 2.05) is 19.2 Å². The number of hydrogen-bond acceptors (Lipinski definition) is 6. The highest BCUT2D eigenvalue weighted by Crippen LogP contribution is 2.35. The van der Waals surface area contributed by atoms with Crippen LogP contribution < -0.4 is 15.8 Å². The van der Waals surface area contributed by atoms with Crippen LogP contribution in [0.1, 0.15) is 43.7 Å². The number of carbonyl (C=O) groups is 1. The van der Waals surface area contributed by atoms with Crippen LogP contribution in [0.2, 0.25) is 0 Å². The number of aromatic amines is 1. The summed E-state index contributed by atoms with van der Waals surface area (Å²) in [4.78, 5) is 38.3. The quantitative estimate of drug-likeness (QED) is 0.782. The van der Waals surface area contributed by atoms with Crippen LogP contribution in [-0.2, 0) is 9.63 Å². The van der Waals surface area contributed by atoms with Gasteiger partial charge in [-0.25, -0.2) is 4.98 Å². The van der Waals surface area contributed by atoms with Crippen LogP contribution in [0, 0.1) is 0 Å². The molecule has 2 aliphatic rings. The third-order valence-corrected chi connectivity index (χ3v) is 4.76. The molecule has 1 aliphatic heterocycles. The first-order valence-electron chi connectivity index (χ1n) is 8.97. The average molecular weight is 349 g/mol. The smallest absolute Gasteiger partial charge is 0.252 e. The third kappa shape index (κ3) is 4.79. The van der Waals surface area contributed by atoms with Gasteiger partial charge in [0, 0.05) is 51.6 Å². The van der Waals surface area contributed by atoms with E-state index in [4.69, 9.17) is 4.84 Å². The van der Waals surface area contributed by atoms with Crippen molar-refractivity contribution in [2.75, 3.05) is 38.7 Å². The topological polar surface area (TPSA) is 90.6 Å². The molecule has 8 nitrogen and oxygen atoms in total. The highest BCUT2D eigenvalue weighted by Gasteiger charge is 2.33. The van der Waals surface area contributed by atoms with Gasteiger partial charge in [0.2, 0.25) is 11.9 Å². The fourth-order valence-corrected chi connectivity index (χ4v) is 3.21. The van der Waals surface area contributed by atoms with Crippen LogP contribution in [0.3, 0.4) is 0 Å². The van der Waals surface area contributed by atoms with Crippen LogP contribution in [-0.4, -0.2) is 60.8 Å². The van der Waals surface area contributed by atoms with E-state index < -0.39 is 0 Å². The van der Waals surface area contributed by atoms with Gasteiger partial charge in [-0.3, -0.25) is 19.4 Å². The zero-order valence-electron chi connectivity index (χ0n) is 15.0. The fraction of sp³-hybridized carbons (Fsp3) is 0.706. The van der Waals surface area contributed by atoms with Crippen LogP contribution in [0.25, 0.3) is 0 Å². The molecule has 0 unspecified atom stereocenters. The molecule has 2 N–H and O–H groups in total. The maximum atomic E-state index is 12.1. The predicted molar refractivity (Wildman–Crippen MR) is 94.5 cm³/mol.